The van der Waals surface area contributed by atoms with Crippen molar-refractivity contribution in [2.24, 2.45) is 0 Å². The lowest BCUT2D eigenvalue weighted by Crippen LogP contribution is -2.37. The number of hydrogen-bond acceptors (Lipinski definition) is 6. The van der Waals surface area contributed by atoms with Crippen molar-refractivity contribution < 1.29 is 42.1 Å². The molecule has 9 nitrogen and oxygen atoms in total. The van der Waals surface area contributed by atoms with Gasteiger partial charge in [-0.05, 0) is 0 Å². The Hall–Kier alpha value is -0.0600. The number of hydrogen-bond donors (Lipinski definition) is 5. The molecule has 0 aromatic carbocycles. The molecule has 0 aromatic rings. The first-order valence-electron chi connectivity index (χ1n) is 3.07. The third-order valence-corrected chi connectivity index (χ3v) is 2.68. The predicted octanol–water partition coefficient (Wildman–Crippen LogP) is -2.34. The van der Waals surface area contributed by atoms with Crippen molar-refractivity contribution in [1.29, 1.82) is 0 Å². The van der Waals surface area contributed by atoms with Gasteiger partial charge in [-0.3, -0.25) is 9.08 Å². The summed E-state index contributed by atoms with van der Waals surface area (Å²) in [6.45, 7) is -1.15. The van der Waals surface area contributed by atoms with E-state index in [0.29, 0.717) is 0 Å². The molecular formula is C3H9O9PS. The van der Waals surface area contributed by atoms with Crippen LogP contribution in [0.2, 0.25) is 0 Å². The van der Waals surface area contributed by atoms with Gasteiger partial charge in [0.05, 0.1) is 6.61 Å². The zero-order chi connectivity index (χ0) is 11.6. The Morgan fingerprint density at radius 3 is 2.00 bits per heavy atom. The van der Waals surface area contributed by atoms with Gasteiger partial charge >= 0.3 is 7.82 Å². The molecule has 0 radical (unpaired) electrons. The summed E-state index contributed by atoms with van der Waals surface area (Å²) in [5, 5.41) is 17.1. The number of aliphatic hydroxyl groups excluding tert-OH is 2. The Balaban J connectivity index is 4.86. The molecule has 0 amide bonds. The van der Waals surface area contributed by atoms with Crippen molar-refractivity contribution in [2.45, 2.75) is 11.5 Å². The lowest BCUT2D eigenvalue weighted by atomic mass is 10.4. The number of rotatable bonds is 5. The molecular weight excluding hydrogens is 243 g/mol. The summed E-state index contributed by atoms with van der Waals surface area (Å²) in [7, 11) is -10.2. The van der Waals surface area contributed by atoms with E-state index in [1.54, 1.807) is 0 Å². The molecule has 0 aliphatic heterocycles. The monoisotopic (exact) mass is 252 g/mol. The fourth-order valence-electron chi connectivity index (χ4n) is 0.545. The maximum Gasteiger partial charge on any atom is 0.471 e. The highest BCUT2D eigenvalue weighted by atomic mass is 32.2. The smallest absolute Gasteiger partial charge is 0.394 e. The lowest BCUT2D eigenvalue weighted by Gasteiger charge is -2.18. The van der Waals surface area contributed by atoms with Gasteiger partial charge in [0.1, 0.15) is 6.10 Å². The molecule has 0 aromatic heterocycles. The van der Waals surface area contributed by atoms with Gasteiger partial charge in [0.25, 0.3) is 10.1 Å². The van der Waals surface area contributed by atoms with Crippen molar-refractivity contribution in [1.82, 2.24) is 0 Å². The second kappa shape index (κ2) is 4.64. The van der Waals surface area contributed by atoms with Crippen LogP contribution < -0.4 is 0 Å². The molecule has 0 aliphatic rings. The third kappa shape index (κ3) is 4.98. The Kier molecular flexibility index (Phi) is 4.62. The molecule has 11 heteroatoms. The molecule has 0 saturated carbocycles. The molecule has 0 heterocycles. The van der Waals surface area contributed by atoms with Crippen LogP contribution in [0.5, 0.6) is 0 Å². The molecule has 5 N–H and O–H groups in total. The van der Waals surface area contributed by atoms with Crippen molar-refractivity contribution in [2.75, 3.05) is 6.61 Å². The Morgan fingerprint density at radius 2 is 1.79 bits per heavy atom. The first-order chi connectivity index (χ1) is 6.08. The molecule has 86 valence electrons. The molecule has 0 aliphatic carbocycles. The second-order valence-electron chi connectivity index (χ2n) is 2.23. The van der Waals surface area contributed by atoms with E-state index >= 15 is 0 Å². The molecule has 0 saturated heterocycles. The van der Waals surface area contributed by atoms with Crippen LogP contribution in [-0.4, -0.2) is 51.1 Å². The van der Waals surface area contributed by atoms with Gasteiger partial charge in [0.15, 0.2) is 0 Å². The molecule has 0 bridgehead atoms. The van der Waals surface area contributed by atoms with E-state index < -0.39 is 36.1 Å². The molecule has 0 rings (SSSR count). The molecule has 2 atom stereocenters. The molecule has 0 spiro atoms. The van der Waals surface area contributed by atoms with E-state index in [-0.39, 0.29) is 0 Å². The van der Waals surface area contributed by atoms with Crippen LogP contribution in [0.15, 0.2) is 0 Å². The number of aliphatic hydroxyl groups is 2. The lowest BCUT2D eigenvalue weighted by molar-refractivity contribution is 0.0187. The standard InChI is InChI=1S/C3H9O9PS/c4-1-2(5)3(14(9,10)11)12-13(6,7)8/h2-5H,1H2,(H2,6,7,8)(H,9,10,11). The van der Waals surface area contributed by atoms with Crippen molar-refractivity contribution in [3.8, 4) is 0 Å². The second-order valence-corrected chi connectivity index (χ2v) is 4.92. The van der Waals surface area contributed by atoms with Crippen LogP contribution in [-0.2, 0) is 19.2 Å². The van der Waals surface area contributed by atoms with E-state index in [2.05, 4.69) is 4.52 Å². The maximum atomic E-state index is 10.4. The normalized spacial score (nSPS) is 17.8. The van der Waals surface area contributed by atoms with Gasteiger partial charge in [-0.15, -0.1) is 0 Å². The zero-order valence-electron chi connectivity index (χ0n) is 6.59. The van der Waals surface area contributed by atoms with Crippen LogP contribution in [0.25, 0.3) is 0 Å². The van der Waals surface area contributed by atoms with Gasteiger partial charge in [-0.2, -0.15) is 8.42 Å². The summed E-state index contributed by atoms with van der Waals surface area (Å²) in [6.07, 6.45) is -2.15. The van der Waals surface area contributed by atoms with Crippen LogP contribution in [0.4, 0.5) is 0 Å². The van der Waals surface area contributed by atoms with E-state index in [4.69, 9.17) is 24.6 Å². The predicted molar refractivity (Wildman–Crippen MR) is 41.6 cm³/mol. The minimum atomic E-state index is -5.20. The van der Waals surface area contributed by atoms with Gasteiger partial charge in [0.2, 0.25) is 5.44 Å². The van der Waals surface area contributed by atoms with Crippen LogP contribution in [0.3, 0.4) is 0 Å². The highest BCUT2D eigenvalue weighted by molar-refractivity contribution is 7.86. The zero-order valence-corrected chi connectivity index (χ0v) is 8.30. The van der Waals surface area contributed by atoms with Gasteiger partial charge in [-0.25, -0.2) is 4.57 Å². The minimum Gasteiger partial charge on any atom is -0.394 e. The number of phosphoric ester groups is 1. The average Bonchev–Trinajstić information content (AvgIpc) is 1.95. The Morgan fingerprint density at radius 1 is 1.36 bits per heavy atom. The Bertz CT molecular complexity index is 315. The van der Waals surface area contributed by atoms with Crippen molar-refractivity contribution in [3.05, 3.63) is 0 Å². The fraction of sp³-hybridized carbons (Fsp3) is 1.00. The maximum absolute atomic E-state index is 10.4. The molecule has 2 unspecified atom stereocenters. The first-order valence-corrected chi connectivity index (χ1v) is 6.10. The first kappa shape index (κ1) is 13.9. The van der Waals surface area contributed by atoms with Crippen LogP contribution in [0.1, 0.15) is 0 Å². The average molecular weight is 252 g/mol. The van der Waals surface area contributed by atoms with Gasteiger partial charge in [-0.1, -0.05) is 0 Å². The van der Waals surface area contributed by atoms with E-state index in [1.165, 1.54) is 0 Å². The minimum absolute atomic E-state index is 1.15. The fourth-order valence-corrected chi connectivity index (χ4v) is 2.21. The Labute approximate surface area is 78.9 Å². The van der Waals surface area contributed by atoms with Gasteiger partial charge < -0.3 is 20.0 Å². The van der Waals surface area contributed by atoms with Gasteiger partial charge in [0, 0.05) is 0 Å². The van der Waals surface area contributed by atoms with Crippen LogP contribution in [0, 0.1) is 0 Å². The quantitative estimate of drug-likeness (QED) is 0.266. The highest BCUT2D eigenvalue weighted by Gasteiger charge is 2.37. The summed E-state index contributed by atoms with van der Waals surface area (Å²) < 4.78 is 43.0. The van der Waals surface area contributed by atoms with E-state index in [0.717, 1.165) is 0 Å². The third-order valence-electron chi connectivity index (χ3n) is 1.04. The van der Waals surface area contributed by atoms with Crippen molar-refractivity contribution in [3.63, 3.8) is 0 Å². The summed E-state index contributed by atoms with van der Waals surface area (Å²) in [5.41, 5.74) is -2.59. The summed E-state index contributed by atoms with van der Waals surface area (Å²) >= 11 is 0. The van der Waals surface area contributed by atoms with E-state index in [1.807, 2.05) is 0 Å². The van der Waals surface area contributed by atoms with Crippen molar-refractivity contribution >= 4 is 17.9 Å². The largest absolute Gasteiger partial charge is 0.471 e. The summed E-state index contributed by atoms with van der Waals surface area (Å²) in [6, 6.07) is 0. The highest BCUT2D eigenvalue weighted by Crippen LogP contribution is 2.39. The molecule has 0 fully saturated rings. The summed E-state index contributed by atoms with van der Waals surface area (Å²) in [5.74, 6) is 0. The number of phosphoric acid groups is 1. The topological polar surface area (TPSA) is 162 Å². The van der Waals surface area contributed by atoms with Crippen LogP contribution >= 0.6 is 7.82 Å². The SMILES string of the molecule is O=P(O)(O)OC(C(O)CO)S(=O)(=O)O. The van der Waals surface area contributed by atoms with E-state index in [9.17, 15) is 13.0 Å². The summed E-state index contributed by atoms with van der Waals surface area (Å²) in [4.78, 5) is 16.4. The molecule has 14 heavy (non-hydrogen) atoms.